The number of carbonyl (C=O) groups is 1. The molecule has 0 spiro atoms. The molecule has 0 radical (unpaired) electrons. The molecule has 0 heterocycles. The molecule has 0 fully saturated rings. The minimum Gasteiger partial charge on any atom is -0.311 e. The molecule has 0 aliphatic rings. The molecule has 1 unspecified atom stereocenters. The highest BCUT2D eigenvalue weighted by atomic mass is 35.5. The van der Waals surface area contributed by atoms with E-state index in [1.54, 1.807) is 42.5 Å². The van der Waals surface area contributed by atoms with E-state index in [0.29, 0.717) is 5.56 Å². The van der Waals surface area contributed by atoms with Gasteiger partial charge in [0.2, 0.25) is 5.91 Å². The number of amides is 1. The predicted octanol–water partition coefficient (Wildman–Crippen LogP) is 3.77. The van der Waals surface area contributed by atoms with Crippen molar-refractivity contribution in [3.63, 3.8) is 0 Å². The third kappa shape index (κ3) is 2.93. The standard InChI is InChI=1S/C15H13ClFNO/c1-18(13-10-6-5-9-12(13)17)15(19)14(16)11-7-3-2-4-8-11/h2-10,14H,1H3. The number of likely N-dealkylation sites (N-methyl/N-ethyl adjacent to an activating group) is 1. The van der Waals surface area contributed by atoms with Crippen LogP contribution in [0, 0.1) is 5.82 Å². The second-order valence-corrected chi connectivity index (χ2v) is 4.56. The highest BCUT2D eigenvalue weighted by molar-refractivity contribution is 6.32. The van der Waals surface area contributed by atoms with Gasteiger partial charge in [0.05, 0.1) is 5.69 Å². The topological polar surface area (TPSA) is 20.3 Å². The summed E-state index contributed by atoms with van der Waals surface area (Å²) in [5.41, 5.74) is 0.909. The number of nitrogens with zero attached hydrogens (tertiary/aromatic N) is 1. The van der Waals surface area contributed by atoms with Crippen LogP contribution < -0.4 is 4.90 Å². The number of alkyl halides is 1. The predicted molar refractivity (Wildman–Crippen MR) is 74.8 cm³/mol. The first-order chi connectivity index (χ1) is 9.11. The first-order valence-electron chi connectivity index (χ1n) is 5.82. The Hall–Kier alpha value is -1.87. The van der Waals surface area contributed by atoms with Crippen LogP contribution in [0.2, 0.25) is 0 Å². The third-order valence-corrected chi connectivity index (χ3v) is 3.29. The van der Waals surface area contributed by atoms with Crippen molar-refractivity contribution < 1.29 is 9.18 Å². The lowest BCUT2D eigenvalue weighted by atomic mass is 10.1. The summed E-state index contributed by atoms with van der Waals surface area (Å²) in [5.74, 6) is -0.812. The fourth-order valence-electron chi connectivity index (χ4n) is 1.78. The van der Waals surface area contributed by atoms with Crippen LogP contribution in [0.4, 0.5) is 10.1 Å². The van der Waals surface area contributed by atoms with Crippen LogP contribution in [0.1, 0.15) is 10.9 Å². The van der Waals surface area contributed by atoms with Crippen molar-refractivity contribution in [1.82, 2.24) is 0 Å². The van der Waals surface area contributed by atoms with E-state index in [1.165, 1.54) is 18.0 Å². The number of rotatable bonds is 3. The summed E-state index contributed by atoms with van der Waals surface area (Å²) in [4.78, 5) is 13.5. The van der Waals surface area contributed by atoms with Crippen LogP contribution >= 0.6 is 11.6 Å². The first-order valence-corrected chi connectivity index (χ1v) is 6.26. The fourth-order valence-corrected chi connectivity index (χ4v) is 2.07. The van der Waals surface area contributed by atoms with Crippen LogP contribution in [0.15, 0.2) is 54.6 Å². The summed E-state index contributed by atoms with van der Waals surface area (Å²) in [6.45, 7) is 0. The van der Waals surface area contributed by atoms with E-state index in [9.17, 15) is 9.18 Å². The Morgan fingerprint density at radius 2 is 1.68 bits per heavy atom. The number of halogens is 2. The number of para-hydroxylation sites is 1. The lowest BCUT2D eigenvalue weighted by molar-refractivity contribution is -0.118. The highest BCUT2D eigenvalue weighted by Gasteiger charge is 2.23. The first kappa shape index (κ1) is 13.6. The van der Waals surface area contributed by atoms with E-state index < -0.39 is 11.2 Å². The van der Waals surface area contributed by atoms with Crippen molar-refractivity contribution in [2.24, 2.45) is 0 Å². The molecule has 98 valence electrons. The van der Waals surface area contributed by atoms with Gasteiger partial charge in [-0.15, -0.1) is 11.6 Å². The number of hydrogen-bond donors (Lipinski definition) is 0. The van der Waals surface area contributed by atoms with E-state index in [4.69, 9.17) is 11.6 Å². The van der Waals surface area contributed by atoms with Gasteiger partial charge in [0.1, 0.15) is 11.2 Å². The number of benzene rings is 2. The van der Waals surface area contributed by atoms with Crippen molar-refractivity contribution in [3.05, 3.63) is 66.0 Å². The van der Waals surface area contributed by atoms with Gasteiger partial charge in [-0.05, 0) is 17.7 Å². The van der Waals surface area contributed by atoms with Gasteiger partial charge >= 0.3 is 0 Å². The molecular weight excluding hydrogens is 265 g/mol. The number of hydrogen-bond acceptors (Lipinski definition) is 1. The normalized spacial score (nSPS) is 11.9. The van der Waals surface area contributed by atoms with Crippen LogP contribution in [0.3, 0.4) is 0 Å². The van der Waals surface area contributed by atoms with Gasteiger partial charge in [-0.3, -0.25) is 4.79 Å². The Bertz CT molecular complexity index is 573. The van der Waals surface area contributed by atoms with E-state index in [1.807, 2.05) is 6.07 Å². The molecule has 1 atom stereocenters. The van der Waals surface area contributed by atoms with Gasteiger partial charge in [-0.1, -0.05) is 42.5 Å². The van der Waals surface area contributed by atoms with Crippen molar-refractivity contribution in [2.75, 3.05) is 11.9 Å². The highest BCUT2D eigenvalue weighted by Crippen LogP contribution is 2.26. The average molecular weight is 278 g/mol. The molecule has 19 heavy (non-hydrogen) atoms. The summed E-state index contributed by atoms with van der Waals surface area (Å²) < 4.78 is 13.6. The molecule has 2 nitrogen and oxygen atoms in total. The van der Waals surface area contributed by atoms with Gasteiger partial charge in [0, 0.05) is 7.05 Å². The Morgan fingerprint density at radius 3 is 2.32 bits per heavy atom. The van der Waals surface area contributed by atoms with E-state index in [0.717, 1.165) is 0 Å². The van der Waals surface area contributed by atoms with E-state index in [-0.39, 0.29) is 11.6 Å². The Kier molecular flexibility index (Phi) is 4.17. The zero-order chi connectivity index (χ0) is 13.8. The second-order valence-electron chi connectivity index (χ2n) is 4.12. The molecule has 0 aromatic heterocycles. The Morgan fingerprint density at radius 1 is 1.11 bits per heavy atom. The maximum Gasteiger partial charge on any atom is 0.249 e. The van der Waals surface area contributed by atoms with E-state index in [2.05, 4.69) is 0 Å². The van der Waals surface area contributed by atoms with Gasteiger partial charge in [0.25, 0.3) is 0 Å². The van der Waals surface area contributed by atoms with Crippen molar-refractivity contribution in [2.45, 2.75) is 5.38 Å². The summed E-state index contributed by atoms with van der Waals surface area (Å²) in [6.07, 6.45) is 0. The van der Waals surface area contributed by atoms with Crippen molar-refractivity contribution in [1.29, 1.82) is 0 Å². The summed E-state index contributed by atoms with van der Waals surface area (Å²) in [6, 6.07) is 15.1. The fraction of sp³-hybridized carbons (Fsp3) is 0.133. The molecule has 1 amide bonds. The minimum atomic E-state index is -0.828. The maximum atomic E-state index is 13.6. The SMILES string of the molecule is CN(C(=O)C(Cl)c1ccccc1)c1ccccc1F. The van der Waals surface area contributed by atoms with Crippen LogP contribution in [-0.4, -0.2) is 13.0 Å². The zero-order valence-electron chi connectivity index (χ0n) is 10.4. The minimum absolute atomic E-state index is 0.217. The summed E-state index contributed by atoms with van der Waals surface area (Å²) in [7, 11) is 1.51. The summed E-state index contributed by atoms with van der Waals surface area (Å²) in [5, 5.41) is -0.828. The molecule has 0 N–H and O–H groups in total. The molecule has 0 saturated carbocycles. The number of anilines is 1. The summed E-state index contributed by atoms with van der Waals surface area (Å²) >= 11 is 6.14. The largest absolute Gasteiger partial charge is 0.311 e. The maximum absolute atomic E-state index is 13.6. The molecule has 4 heteroatoms. The quantitative estimate of drug-likeness (QED) is 0.782. The van der Waals surface area contributed by atoms with Gasteiger partial charge in [-0.25, -0.2) is 4.39 Å². The smallest absolute Gasteiger partial charge is 0.249 e. The van der Waals surface area contributed by atoms with Crippen molar-refractivity contribution >= 4 is 23.2 Å². The monoisotopic (exact) mass is 277 g/mol. The lowest BCUT2D eigenvalue weighted by Gasteiger charge is -2.21. The molecule has 2 aromatic rings. The Balaban J connectivity index is 2.23. The number of carbonyl (C=O) groups excluding carboxylic acids is 1. The van der Waals surface area contributed by atoms with Gasteiger partial charge < -0.3 is 4.90 Å². The lowest BCUT2D eigenvalue weighted by Crippen LogP contribution is -2.30. The molecule has 0 bridgehead atoms. The van der Waals surface area contributed by atoms with Crippen LogP contribution in [0.5, 0.6) is 0 Å². The van der Waals surface area contributed by atoms with Gasteiger partial charge in [-0.2, -0.15) is 0 Å². The molecule has 2 rings (SSSR count). The zero-order valence-corrected chi connectivity index (χ0v) is 11.1. The molecular formula is C15H13ClFNO. The van der Waals surface area contributed by atoms with Crippen molar-refractivity contribution in [3.8, 4) is 0 Å². The second kappa shape index (κ2) is 5.85. The molecule has 2 aromatic carbocycles. The van der Waals surface area contributed by atoms with E-state index >= 15 is 0 Å². The Labute approximate surface area is 116 Å². The third-order valence-electron chi connectivity index (χ3n) is 2.85. The van der Waals surface area contributed by atoms with Crippen LogP contribution in [0.25, 0.3) is 0 Å². The average Bonchev–Trinajstić information content (AvgIpc) is 2.46. The molecule has 0 aliphatic heterocycles. The molecule has 0 saturated heterocycles. The van der Waals surface area contributed by atoms with Crippen LogP contribution in [-0.2, 0) is 4.79 Å². The molecule has 0 aliphatic carbocycles. The van der Waals surface area contributed by atoms with Gasteiger partial charge in [0.15, 0.2) is 0 Å².